The first kappa shape index (κ1) is 27.9. The molecule has 3 aromatic rings. The van der Waals surface area contributed by atoms with Crippen molar-refractivity contribution in [3.05, 3.63) is 87.8 Å². The zero-order chi connectivity index (χ0) is 27.4. The highest BCUT2D eigenvalue weighted by Gasteiger charge is 2.40. The third-order valence-electron chi connectivity index (χ3n) is 7.39. The van der Waals surface area contributed by atoms with Crippen LogP contribution in [0, 0.1) is 5.92 Å². The lowest BCUT2D eigenvalue weighted by Crippen LogP contribution is -2.53. The van der Waals surface area contributed by atoms with Crippen LogP contribution < -0.4 is 10.9 Å². The van der Waals surface area contributed by atoms with Gasteiger partial charge in [0.2, 0.25) is 15.9 Å². The van der Waals surface area contributed by atoms with Gasteiger partial charge in [-0.3, -0.25) is 14.3 Å². The molecule has 0 bridgehead atoms. The summed E-state index contributed by atoms with van der Waals surface area (Å²) in [5, 5.41) is 5.87. The first-order chi connectivity index (χ1) is 18.1. The summed E-state index contributed by atoms with van der Waals surface area (Å²) < 4.78 is 30.3. The molecule has 1 fully saturated rings. The highest BCUT2D eigenvalue weighted by atomic mass is 32.2. The van der Waals surface area contributed by atoms with E-state index in [1.807, 2.05) is 24.3 Å². The van der Waals surface area contributed by atoms with Crippen LogP contribution in [-0.2, 0) is 27.9 Å². The van der Waals surface area contributed by atoms with Gasteiger partial charge in [0.15, 0.2) is 0 Å². The van der Waals surface area contributed by atoms with Gasteiger partial charge in [-0.2, -0.15) is 4.31 Å². The Bertz CT molecular complexity index is 1390. The number of aromatic nitrogens is 2. The average Bonchev–Trinajstić information content (AvgIpc) is 3.31. The minimum Gasteiger partial charge on any atom is -0.351 e. The van der Waals surface area contributed by atoms with Gasteiger partial charge in [0.1, 0.15) is 6.04 Å². The Morgan fingerprint density at radius 1 is 0.974 bits per heavy atom. The number of piperidine rings is 1. The lowest BCUT2D eigenvalue weighted by atomic mass is 9.92. The van der Waals surface area contributed by atoms with Crippen LogP contribution in [0.4, 0.5) is 0 Å². The van der Waals surface area contributed by atoms with Gasteiger partial charge in [0, 0.05) is 31.9 Å². The Morgan fingerprint density at radius 2 is 1.58 bits per heavy atom. The number of carbonyl (C=O) groups is 1. The van der Waals surface area contributed by atoms with Crippen molar-refractivity contribution in [3.63, 3.8) is 0 Å². The molecular weight excluding hydrogens is 500 g/mol. The molecule has 2 atom stereocenters. The van der Waals surface area contributed by atoms with Gasteiger partial charge in [-0.05, 0) is 59.4 Å². The highest BCUT2D eigenvalue weighted by molar-refractivity contribution is 7.89. The normalized spacial score (nSPS) is 18.7. The summed E-state index contributed by atoms with van der Waals surface area (Å²) in [6.07, 6.45) is 2.46. The van der Waals surface area contributed by atoms with Crippen LogP contribution in [0.1, 0.15) is 69.1 Å². The molecule has 8 nitrogen and oxygen atoms in total. The summed E-state index contributed by atoms with van der Waals surface area (Å²) in [7, 11) is -3.89. The molecule has 2 aromatic carbocycles. The van der Waals surface area contributed by atoms with E-state index in [9.17, 15) is 18.0 Å². The van der Waals surface area contributed by atoms with Crippen molar-refractivity contribution in [2.75, 3.05) is 6.54 Å². The standard InChI is InChI=1S/C29H38N4O4S/c1-20(2)24-7-5-22(6-8-24)18-30-29(35)27-17-23(19-32-28(34)13-15-31-32)14-16-33(27)38(36,37)26-11-9-25(10-12-26)21(3)4/h5-13,15,20-21,23,27,31H,14,16-19H2,1-4H3,(H,30,35)/t23-,27-/m1/s1. The summed E-state index contributed by atoms with van der Waals surface area (Å²) in [5.41, 5.74) is 3.08. The predicted molar refractivity (Wildman–Crippen MR) is 148 cm³/mol. The van der Waals surface area contributed by atoms with Crippen molar-refractivity contribution in [2.24, 2.45) is 5.92 Å². The lowest BCUT2D eigenvalue weighted by molar-refractivity contribution is -0.126. The number of rotatable bonds is 9. The Kier molecular flexibility index (Phi) is 8.57. The fourth-order valence-corrected chi connectivity index (χ4v) is 6.56. The van der Waals surface area contributed by atoms with Gasteiger partial charge in [0.25, 0.3) is 5.56 Å². The minimum atomic E-state index is -3.89. The fraction of sp³-hybridized carbons (Fsp3) is 0.448. The quantitative estimate of drug-likeness (QED) is 0.426. The third-order valence-corrected chi connectivity index (χ3v) is 9.32. The van der Waals surface area contributed by atoms with Crippen LogP contribution >= 0.6 is 0 Å². The molecule has 9 heteroatoms. The van der Waals surface area contributed by atoms with Gasteiger partial charge in [-0.25, -0.2) is 8.42 Å². The molecule has 2 heterocycles. The summed E-state index contributed by atoms with van der Waals surface area (Å²) in [4.78, 5) is 25.7. The lowest BCUT2D eigenvalue weighted by Gasteiger charge is -2.37. The fourth-order valence-electron chi connectivity index (χ4n) is 4.95. The van der Waals surface area contributed by atoms with Crippen LogP contribution in [0.5, 0.6) is 0 Å². The Balaban J connectivity index is 1.55. The predicted octanol–water partition coefficient (Wildman–Crippen LogP) is 4.21. The third kappa shape index (κ3) is 6.27. The molecule has 1 amide bonds. The molecule has 1 saturated heterocycles. The molecule has 1 aliphatic rings. The number of nitrogens with one attached hydrogen (secondary N) is 2. The molecule has 38 heavy (non-hydrogen) atoms. The van der Waals surface area contributed by atoms with Gasteiger partial charge >= 0.3 is 0 Å². The van der Waals surface area contributed by atoms with Crippen molar-refractivity contribution in [2.45, 2.75) is 76.4 Å². The average molecular weight is 539 g/mol. The van der Waals surface area contributed by atoms with Crippen molar-refractivity contribution in [1.82, 2.24) is 19.4 Å². The molecule has 2 N–H and O–H groups in total. The Labute approximate surface area is 225 Å². The molecular formula is C29H38N4O4S. The maximum Gasteiger partial charge on any atom is 0.266 e. The van der Waals surface area contributed by atoms with E-state index in [0.29, 0.717) is 31.8 Å². The number of hydrogen-bond donors (Lipinski definition) is 2. The molecule has 1 aromatic heterocycles. The van der Waals surface area contributed by atoms with E-state index in [0.717, 1.165) is 11.1 Å². The van der Waals surface area contributed by atoms with Crippen LogP contribution in [0.15, 0.2) is 70.5 Å². The maximum absolute atomic E-state index is 13.7. The first-order valence-corrected chi connectivity index (χ1v) is 14.7. The number of sulfonamides is 1. The molecule has 0 saturated carbocycles. The van der Waals surface area contributed by atoms with Crippen LogP contribution in [0.3, 0.4) is 0 Å². The summed E-state index contributed by atoms with van der Waals surface area (Å²) in [5.74, 6) is 0.344. The summed E-state index contributed by atoms with van der Waals surface area (Å²) >= 11 is 0. The van der Waals surface area contributed by atoms with Crippen molar-refractivity contribution in [1.29, 1.82) is 0 Å². The number of benzene rings is 2. The van der Waals surface area contributed by atoms with Gasteiger partial charge < -0.3 is 10.4 Å². The van der Waals surface area contributed by atoms with E-state index >= 15 is 0 Å². The van der Waals surface area contributed by atoms with Crippen molar-refractivity contribution in [3.8, 4) is 0 Å². The molecule has 0 spiro atoms. The topological polar surface area (TPSA) is 104 Å². The monoisotopic (exact) mass is 538 g/mol. The number of amides is 1. The number of aromatic amines is 1. The van der Waals surface area contributed by atoms with E-state index in [2.05, 4.69) is 50.2 Å². The maximum atomic E-state index is 13.7. The molecule has 4 rings (SSSR count). The smallest absolute Gasteiger partial charge is 0.266 e. The second-order valence-electron chi connectivity index (χ2n) is 10.8. The summed E-state index contributed by atoms with van der Waals surface area (Å²) in [6.45, 7) is 9.29. The van der Waals surface area contributed by atoms with Crippen molar-refractivity contribution < 1.29 is 13.2 Å². The van der Waals surface area contributed by atoms with Gasteiger partial charge in [-0.15, -0.1) is 0 Å². The van der Waals surface area contributed by atoms with Gasteiger partial charge in [-0.1, -0.05) is 64.1 Å². The molecule has 204 valence electrons. The summed E-state index contributed by atoms with van der Waals surface area (Å²) in [6, 6.07) is 15.6. The van der Waals surface area contributed by atoms with E-state index < -0.39 is 16.1 Å². The van der Waals surface area contributed by atoms with Crippen LogP contribution in [-0.4, -0.2) is 41.0 Å². The zero-order valence-electron chi connectivity index (χ0n) is 22.6. The number of H-pyrrole nitrogens is 1. The highest BCUT2D eigenvalue weighted by Crippen LogP contribution is 2.30. The molecule has 0 unspecified atom stereocenters. The SMILES string of the molecule is CC(C)c1ccc(CNC(=O)[C@H]2C[C@H](Cn3[nH]ccc3=O)CCN2S(=O)(=O)c2ccc(C(C)C)cc2)cc1. The van der Waals surface area contributed by atoms with Crippen LogP contribution in [0.2, 0.25) is 0 Å². The Morgan fingerprint density at radius 3 is 2.13 bits per heavy atom. The van der Waals surface area contributed by atoms with E-state index in [-0.39, 0.29) is 34.7 Å². The van der Waals surface area contributed by atoms with Crippen molar-refractivity contribution >= 4 is 15.9 Å². The molecule has 0 aliphatic carbocycles. The second kappa shape index (κ2) is 11.7. The zero-order valence-corrected chi connectivity index (χ0v) is 23.4. The van der Waals surface area contributed by atoms with E-state index in [1.165, 1.54) is 20.6 Å². The molecule has 0 radical (unpaired) electrons. The number of hydrogen-bond acceptors (Lipinski definition) is 4. The number of carbonyl (C=O) groups excluding carboxylic acids is 1. The first-order valence-electron chi connectivity index (χ1n) is 13.3. The largest absolute Gasteiger partial charge is 0.351 e. The van der Waals surface area contributed by atoms with Gasteiger partial charge in [0.05, 0.1) is 4.90 Å². The molecule has 1 aliphatic heterocycles. The Hall–Kier alpha value is -3.17. The van der Waals surface area contributed by atoms with E-state index in [4.69, 9.17) is 0 Å². The minimum absolute atomic E-state index is 0.0257. The second-order valence-corrected chi connectivity index (χ2v) is 12.7. The van der Waals surface area contributed by atoms with E-state index in [1.54, 1.807) is 18.3 Å². The number of nitrogens with zero attached hydrogens (tertiary/aromatic N) is 2. The van der Waals surface area contributed by atoms with Crippen LogP contribution in [0.25, 0.3) is 0 Å².